The number of aromatic carboxylic acids is 1. The summed E-state index contributed by atoms with van der Waals surface area (Å²) < 4.78 is 51.2. The summed E-state index contributed by atoms with van der Waals surface area (Å²) in [5.74, 6) is -0.776. The minimum atomic E-state index is -4.68. The standard InChI is InChI=1S/C20H12F3NO4/c1-27-15-7-2-4-10-8-16(28-18(10)15)14-9-12(19(25)26)11-5-3-6-13(17(11)24-14)20(21,22)23/h2-9H,1H3,(H,25,26). The second kappa shape index (κ2) is 6.26. The molecule has 0 spiro atoms. The third-order valence-electron chi connectivity index (χ3n) is 4.36. The quantitative estimate of drug-likeness (QED) is 0.511. The van der Waals surface area contributed by atoms with E-state index in [0.717, 1.165) is 12.1 Å². The fraction of sp³-hybridized carbons (Fsp3) is 0.100. The molecule has 0 aliphatic carbocycles. The molecular formula is C20H12F3NO4. The van der Waals surface area contributed by atoms with Gasteiger partial charge in [0.25, 0.3) is 0 Å². The summed E-state index contributed by atoms with van der Waals surface area (Å²) in [5, 5.41) is 10.1. The van der Waals surface area contributed by atoms with E-state index in [-0.39, 0.29) is 22.4 Å². The highest BCUT2D eigenvalue weighted by molar-refractivity contribution is 6.04. The first-order valence-electron chi connectivity index (χ1n) is 8.11. The number of methoxy groups -OCH3 is 1. The average Bonchev–Trinajstić information content (AvgIpc) is 3.10. The number of ether oxygens (including phenoxy) is 1. The number of pyridine rings is 1. The molecule has 2 aromatic heterocycles. The second-order valence-electron chi connectivity index (χ2n) is 6.05. The van der Waals surface area contributed by atoms with E-state index in [1.54, 1.807) is 24.3 Å². The molecule has 0 radical (unpaired) electrons. The normalized spacial score (nSPS) is 11.9. The van der Waals surface area contributed by atoms with Crippen LogP contribution in [0.25, 0.3) is 33.3 Å². The van der Waals surface area contributed by atoms with Gasteiger partial charge >= 0.3 is 12.1 Å². The number of alkyl halides is 3. The maximum absolute atomic E-state index is 13.4. The van der Waals surface area contributed by atoms with Gasteiger partial charge < -0.3 is 14.3 Å². The molecule has 5 nitrogen and oxygen atoms in total. The Kier molecular flexibility index (Phi) is 3.99. The molecule has 0 saturated carbocycles. The summed E-state index contributed by atoms with van der Waals surface area (Å²) in [7, 11) is 1.46. The van der Waals surface area contributed by atoms with Gasteiger partial charge in [-0.05, 0) is 24.3 Å². The first-order valence-corrected chi connectivity index (χ1v) is 8.11. The molecule has 0 fully saturated rings. The number of benzene rings is 2. The van der Waals surface area contributed by atoms with Crippen molar-refractivity contribution in [2.24, 2.45) is 0 Å². The summed E-state index contributed by atoms with van der Waals surface area (Å²) in [6.07, 6.45) is -4.68. The molecule has 1 N–H and O–H groups in total. The highest BCUT2D eigenvalue weighted by atomic mass is 19.4. The van der Waals surface area contributed by atoms with Crippen LogP contribution in [0, 0.1) is 0 Å². The summed E-state index contributed by atoms with van der Waals surface area (Å²) in [6.45, 7) is 0. The lowest BCUT2D eigenvalue weighted by Gasteiger charge is -2.12. The van der Waals surface area contributed by atoms with E-state index in [4.69, 9.17) is 9.15 Å². The maximum Gasteiger partial charge on any atom is 0.418 e. The Morgan fingerprint density at radius 3 is 2.57 bits per heavy atom. The van der Waals surface area contributed by atoms with Gasteiger partial charge in [0.05, 0.1) is 23.8 Å². The van der Waals surface area contributed by atoms with E-state index in [2.05, 4.69) is 4.98 Å². The molecule has 142 valence electrons. The van der Waals surface area contributed by atoms with Gasteiger partial charge in [0.1, 0.15) is 5.69 Å². The van der Waals surface area contributed by atoms with E-state index in [0.29, 0.717) is 16.7 Å². The number of hydrogen-bond acceptors (Lipinski definition) is 4. The Hall–Kier alpha value is -3.55. The number of carbonyl (C=O) groups is 1. The number of fused-ring (bicyclic) bond motifs is 2. The van der Waals surface area contributed by atoms with Crippen LogP contribution in [-0.2, 0) is 6.18 Å². The lowest BCUT2D eigenvalue weighted by molar-refractivity contribution is -0.136. The van der Waals surface area contributed by atoms with Crippen LogP contribution in [0.4, 0.5) is 13.2 Å². The molecule has 0 atom stereocenters. The van der Waals surface area contributed by atoms with Gasteiger partial charge in [0.15, 0.2) is 17.1 Å². The lowest BCUT2D eigenvalue weighted by atomic mass is 10.0. The van der Waals surface area contributed by atoms with Crippen LogP contribution in [0.2, 0.25) is 0 Å². The molecule has 0 bridgehead atoms. The van der Waals surface area contributed by atoms with E-state index in [9.17, 15) is 23.1 Å². The third kappa shape index (κ3) is 2.83. The first kappa shape index (κ1) is 17.8. The topological polar surface area (TPSA) is 72.6 Å². The average molecular weight is 387 g/mol. The number of carboxylic acids is 1. The molecule has 0 aliphatic heterocycles. The second-order valence-corrected chi connectivity index (χ2v) is 6.05. The van der Waals surface area contributed by atoms with Crippen molar-refractivity contribution in [1.82, 2.24) is 4.98 Å². The fourth-order valence-corrected chi connectivity index (χ4v) is 3.10. The molecule has 0 amide bonds. The van der Waals surface area contributed by atoms with Gasteiger partial charge in [-0.15, -0.1) is 0 Å². The number of carboxylic acid groups (broad SMARTS) is 1. The Morgan fingerprint density at radius 2 is 1.89 bits per heavy atom. The largest absolute Gasteiger partial charge is 0.493 e. The van der Waals surface area contributed by atoms with Crippen LogP contribution in [0.1, 0.15) is 15.9 Å². The Bertz CT molecular complexity index is 1230. The van der Waals surface area contributed by atoms with Crippen LogP contribution in [0.5, 0.6) is 5.75 Å². The van der Waals surface area contributed by atoms with E-state index < -0.39 is 23.2 Å². The molecule has 8 heteroatoms. The van der Waals surface area contributed by atoms with Gasteiger partial charge in [0.2, 0.25) is 0 Å². The van der Waals surface area contributed by atoms with Crippen molar-refractivity contribution in [2.45, 2.75) is 6.18 Å². The van der Waals surface area contributed by atoms with E-state index in [1.165, 1.54) is 19.2 Å². The van der Waals surface area contributed by atoms with Crippen molar-refractivity contribution in [2.75, 3.05) is 7.11 Å². The molecule has 0 saturated heterocycles. The van der Waals surface area contributed by atoms with Gasteiger partial charge in [-0.3, -0.25) is 0 Å². The Balaban J connectivity index is 2.04. The zero-order valence-corrected chi connectivity index (χ0v) is 14.4. The van der Waals surface area contributed by atoms with Crippen molar-refractivity contribution in [3.63, 3.8) is 0 Å². The fourth-order valence-electron chi connectivity index (χ4n) is 3.10. The predicted octanol–water partition coefficient (Wildman–Crippen LogP) is 5.37. The smallest absolute Gasteiger partial charge is 0.418 e. The van der Waals surface area contributed by atoms with Crippen molar-refractivity contribution in [3.8, 4) is 17.2 Å². The Morgan fingerprint density at radius 1 is 1.14 bits per heavy atom. The SMILES string of the molecule is COc1cccc2cc(-c3cc(C(=O)O)c4cccc(C(F)(F)F)c4n3)oc12. The number of nitrogens with zero attached hydrogens (tertiary/aromatic N) is 1. The third-order valence-corrected chi connectivity index (χ3v) is 4.36. The van der Waals surface area contributed by atoms with Gasteiger partial charge in [-0.2, -0.15) is 13.2 Å². The number of halogens is 3. The van der Waals surface area contributed by atoms with Crippen LogP contribution in [0.3, 0.4) is 0 Å². The monoisotopic (exact) mass is 387 g/mol. The van der Waals surface area contributed by atoms with Crippen LogP contribution in [0.15, 0.2) is 52.9 Å². The summed E-state index contributed by atoms with van der Waals surface area (Å²) in [5.41, 5.74) is -1.37. The summed E-state index contributed by atoms with van der Waals surface area (Å²) >= 11 is 0. The number of hydrogen-bond donors (Lipinski definition) is 1. The first-order chi connectivity index (χ1) is 13.3. The van der Waals surface area contributed by atoms with Gasteiger partial charge in [0, 0.05) is 10.8 Å². The molecule has 28 heavy (non-hydrogen) atoms. The molecular weight excluding hydrogens is 375 g/mol. The zero-order chi connectivity index (χ0) is 20.1. The highest BCUT2D eigenvalue weighted by Gasteiger charge is 2.34. The van der Waals surface area contributed by atoms with Crippen molar-refractivity contribution < 1.29 is 32.2 Å². The minimum absolute atomic E-state index is 0.0140. The molecule has 4 rings (SSSR count). The number of rotatable bonds is 3. The molecule has 2 heterocycles. The Labute approximate surface area is 156 Å². The number of aromatic nitrogens is 1. The number of para-hydroxylation sites is 2. The lowest BCUT2D eigenvalue weighted by Crippen LogP contribution is -2.09. The van der Waals surface area contributed by atoms with Gasteiger partial charge in [-0.1, -0.05) is 24.3 Å². The predicted molar refractivity (Wildman–Crippen MR) is 95.5 cm³/mol. The van der Waals surface area contributed by atoms with E-state index >= 15 is 0 Å². The molecule has 0 unspecified atom stereocenters. The van der Waals surface area contributed by atoms with Crippen LogP contribution < -0.4 is 4.74 Å². The number of furan rings is 1. The van der Waals surface area contributed by atoms with Crippen molar-refractivity contribution >= 4 is 27.8 Å². The van der Waals surface area contributed by atoms with Crippen LogP contribution in [-0.4, -0.2) is 23.2 Å². The van der Waals surface area contributed by atoms with Crippen molar-refractivity contribution in [1.29, 1.82) is 0 Å². The highest BCUT2D eigenvalue weighted by Crippen LogP contribution is 2.38. The zero-order valence-electron chi connectivity index (χ0n) is 14.4. The van der Waals surface area contributed by atoms with Gasteiger partial charge in [-0.25, -0.2) is 9.78 Å². The molecule has 4 aromatic rings. The van der Waals surface area contributed by atoms with E-state index in [1.807, 2.05) is 0 Å². The van der Waals surface area contributed by atoms with Crippen molar-refractivity contribution in [3.05, 3.63) is 59.7 Å². The maximum atomic E-state index is 13.4. The molecule has 0 aliphatic rings. The molecule has 2 aromatic carbocycles. The summed E-state index contributed by atoms with van der Waals surface area (Å²) in [4.78, 5) is 15.8. The van der Waals surface area contributed by atoms with Crippen LogP contribution >= 0.6 is 0 Å². The summed E-state index contributed by atoms with van der Waals surface area (Å²) in [6, 6.07) is 11.3. The minimum Gasteiger partial charge on any atom is -0.493 e.